The van der Waals surface area contributed by atoms with E-state index in [-0.39, 0.29) is 5.97 Å². The van der Waals surface area contributed by atoms with E-state index >= 15 is 0 Å². The van der Waals surface area contributed by atoms with Gasteiger partial charge < -0.3 is 18.0 Å². The maximum absolute atomic E-state index is 10.1. The number of ether oxygens (including phenoxy) is 1. The molecule has 6 heteroatoms. The van der Waals surface area contributed by atoms with Crippen LogP contribution in [0.2, 0.25) is 0 Å². The Morgan fingerprint density at radius 3 is 1.14 bits per heavy atom. The van der Waals surface area contributed by atoms with Crippen LogP contribution in [0.4, 0.5) is 0 Å². The molecular weight excluding hydrogens is 480 g/mol. The van der Waals surface area contributed by atoms with Crippen molar-refractivity contribution in [2.75, 3.05) is 26.4 Å². The first-order valence-corrected chi connectivity index (χ1v) is 17.2. The summed E-state index contributed by atoms with van der Waals surface area (Å²) in [6.45, 7) is 18.4. The zero-order chi connectivity index (χ0) is 27.9. The van der Waals surface area contributed by atoms with Crippen LogP contribution in [-0.2, 0) is 22.8 Å². The van der Waals surface area contributed by atoms with Crippen molar-refractivity contribution in [1.29, 1.82) is 0 Å². The molecule has 0 spiro atoms. The van der Waals surface area contributed by atoms with Crippen LogP contribution >= 0.6 is 0 Å². The highest BCUT2D eigenvalue weighted by Crippen LogP contribution is 2.16. The second-order valence-corrected chi connectivity index (χ2v) is 12.1. The lowest BCUT2D eigenvalue weighted by Gasteiger charge is -2.27. The van der Waals surface area contributed by atoms with Crippen molar-refractivity contribution in [3.8, 4) is 0 Å². The summed E-state index contributed by atoms with van der Waals surface area (Å²) >= 11 is 0. The number of carbonyl (C=O) groups excluding carboxylic acids is 1. The Morgan fingerprint density at radius 1 is 0.568 bits per heavy atom. The molecule has 0 radical (unpaired) electrons. The molecule has 0 aromatic carbocycles. The average Bonchev–Trinajstić information content (AvgIpc) is 2.91. The number of rotatable bonds is 27. The topological polar surface area (TPSA) is 54.0 Å². The minimum Gasteiger partial charge on any atom is -0.463 e. The summed E-state index contributed by atoms with van der Waals surface area (Å²) in [5.74, 6) is -0.359. The summed E-state index contributed by atoms with van der Waals surface area (Å²) in [5, 5.41) is 0. The summed E-state index contributed by atoms with van der Waals surface area (Å²) in [5.41, 5.74) is 1.86. The van der Waals surface area contributed by atoms with E-state index in [1.165, 1.54) is 96.3 Å². The summed E-state index contributed by atoms with van der Waals surface area (Å²) in [6, 6.07) is 0. The first-order valence-electron chi connectivity index (χ1n) is 15.4. The van der Waals surface area contributed by atoms with Gasteiger partial charge in [-0.25, -0.2) is 4.79 Å². The summed E-state index contributed by atoms with van der Waals surface area (Å²) in [4.78, 5) is 10.1. The van der Waals surface area contributed by atoms with Crippen molar-refractivity contribution in [3.63, 3.8) is 0 Å². The Bertz CT molecular complexity index is 452. The predicted molar refractivity (Wildman–Crippen MR) is 161 cm³/mol. The highest BCUT2D eigenvalue weighted by Gasteiger charge is 2.37. The highest BCUT2D eigenvalue weighted by atomic mass is 28.4. The summed E-state index contributed by atoms with van der Waals surface area (Å²) < 4.78 is 23.2. The van der Waals surface area contributed by atoms with Gasteiger partial charge in [-0.15, -0.1) is 0 Å². The number of hydrogen-bond donors (Lipinski definition) is 0. The lowest BCUT2D eigenvalue weighted by molar-refractivity contribution is -0.137. The third kappa shape index (κ3) is 27.9. The van der Waals surface area contributed by atoms with Gasteiger partial charge in [-0.3, -0.25) is 0 Å². The first kappa shape index (κ1) is 38.2. The number of unbranched alkanes of at least 4 members (excludes halogenated alkanes) is 15. The fourth-order valence-electron chi connectivity index (χ4n) is 3.79. The second kappa shape index (κ2) is 31.3. The quantitative estimate of drug-likeness (QED) is 0.0447. The van der Waals surface area contributed by atoms with Gasteiger partial charge >= 0.3 is 14.8 Å². The number of hydrogen-bond acceptors (Lipinski definition) is 5. The Kier molecular flexibility index (Phi) is 32.3. The largest absolute Gasteiger partial charge is 0.529 e. The maximum Gasteiger partial charge on any atom is 0.529 e. The number of esters is 1. The van der Waals surface area contributed by atoms with Gasteiger partial charge in [0.15, 0.2) is 0 Å². The van der Waals surface area contributed by atoms with Crippen LogP contribution in [0.25, 0.3) is 0 Å². The predicted octanol–water partition coefficient (Wildman–Crippen LogP) is 9.52. The minimum atomic E-state index is -2.73. The van der Waals surface area contributed by atoms with Gasteiger partial charge in [0, 0.05) is 25.9 Å². The average molecular weight is 543 g/mol. The third-order valence-electron chi connectivity index (χ3n) is 6.11. The SMILES string of the molecule is C=CC(=O)OCC.C=C[Si](OCCCCCCCC)(OCCCCCCCC)OCCCCCCCC. The molecule has 0 aromatic heterocycles. The third-order valence-corrected chi connectivity index (χ3v) is 8.43. The molecule has 0 N–H and O–H groups in total. The molecule has 5 nitrogen and oxygen atoms in total. The van der Waals surface area contributed by atoms with E-state index in [1.54, 1.807) is 6.92 Å². The molecule has 0 aromatic rings. The Hall–Kier alpha value is -0.953. The van der Waals surface area contributed by atoms with Crippen LogP contribution in [0.3, 0.4) is 0 Å². The van der Waals surface area contributed by atoms with E-state index < -0.39 is 8.80 Å². The molecule has 0 saturated carbocycles. The highest BCUT2D eigenvalue weighted by molar-refractivity contribution is 6.66. The molecule has 0 atom stereocenters. The summed E-state index contributed by atoms with van der Waals surface area (Å²) in [6.07, 6.45) is 23.9. The van der Waals surface area contributed by atoms with Gasteiger partial charge in [0.25, 0.3) is 0 Å². The van der Waals surface area contributed by atoms with Crippen LogP contribution < -0.4 is 0 Å². The van der Waals surface area contributed by atoms with Gasteiger partial charge in [-0.2, -0.15) is 0 Å². The zero-order valence-corrected chi connectivity index (χ0v) is 26.2. The molecule has 0 unspecified atom stereocenters. The Morgan fingerprint density at radius 2 is 0.892 bits per heavy atom. The molecule has 0 saturated heterocycles. The van der Waals surface area contributed by atoms with Gasteiger partial charge in [-0.05, 0) is 31.9 Å². The summed E-state index contributed by atoms with van der Waals surface area (Å²) in [7, 11) is -2.73. The van der Waals surface area contributed by atoms with Crippen molar-refractivity contribution in [3.05, 3.63) is 24.9 Å². The lowest BCUT2D eigenvalue weighted by atomic mass is 10.1. The molecule has 220 valence electrons. The fraction of sp³-hybridized carbons (Fsp3) is 0.839. The van der Waals surface area contributed by atoms with Gasteiger partial charge in [-0.1, -0.05) is 130 Å². The normalized spacial score (nSPS) is 11.0. The molecule has 0 heterocycles. The van der Waals surface area contributed by atoms with Crippen molar-refractivity contribution >= 4 is 14.8 Å². The molecule has 0 aliphatic carbocycles. The lowest BCUT2D eigenvalue weighted by Crippen LogP contribution is -2.45. The van der Waals surface area contributed by atoms with Crippen molar-refractivity contribution in [1.82, 2.24) is 0 Å². The molecule has 0 aliphatic rings. The molecule has 0 rings (SSSR count). The zero-order valence-electron chi connectivity index (χ0n) is 25.2. The monoisotopic (exact) mass is 542 g/mol. The molecule has 0 fully saturated rings. The first-order chi connectivity index (χ1) is 18.1. The van der Waals surface area contributed by atoms with E-state index in [0.717, 1.165) is 45.2 Å². The fourth-order valence-corrected chi connectivity index (χ4v) is 5.68. The van der Waals surface area contributed by atoms with Crippen LogP contribution in [0.1, 0.15) is 143 Å². The van der Waals surface area contributed by atoms with E-state index in [2.05, 4.69) is 38.7 Å². The minimum absolute atomic E-state index is 0.359. The molecule has 0 aliphatic heterocycles. The van der Waals surface area contributed by atoms with Crippen molar-refractivity contribution < 1.29 is 22.8 Å². The van der Waals surface area contributed by atoms with Crippen LogP contribution in [-0.4, -0.2) is 41.2 Å². The molecular formula is C31H62O5Si. The van der Waals surface area contributed by atoms with E-state index in [4.69, 9.17) is 13.3 Å². The van der Waals surface area contributed by atoms with E-state index in [9.17, 15) is 4.79 Å². The molecule has 0 amide bonds. The van der Waals surface area contributed by atoms with Crippen molar-refractivity contribution in [2.45, 2.75) is 143 Å². The standard InChI is InChI=1S/C26H54O3Si.C5H8O2/c1-5-9-12-15-18-21-24-27-30(8-4,28-25-22-19-16-13-10-6-2)29-26-23-20-17-14-11-7-3;1-3-5(6)7-4-2/h8H,4-7,9-26H2,1-3H3;3H,1,4H2,2H3. The van der Waals surface area contributed by atoms with Crippen molar-refractivity contribution in [2.24, 2.45) is 0 Å². The van der Waals surface area contributed by atoms with Crippen LogP contribution in [0.15, 0.2) is 24.9 Å². The van der Waals surface area contributed by atoms with Crippen LogP contribution in [0.5, 0.6) is 0 Å². The van der Waals surface area contributed by atoms with Gasteiger partial charge in [0.1, 0.15) is 0 Å². The van der Waals surface area contributed by atoms with E-state index in [1.807, 2.05) is 5.70 Å². The number of carbonyl (C=O) groups is 1. The Balaban J connectivity index is 0. The smallest absolute Gasteiger partial charge is 0.463 e. The molecule has 0 bridgehead atoms. The Labute approximate surface area is 232 Å². The second-order valence-electron chi connectivity index (χ2n) is 9.61. The van der Waals surface area contributed by atoms with Gasteiger partial charge in [0.05, 0.1) is 6.61 Å². The van der Waals surface area contributed by atoms with Crippen LogP contribution in [0, 0.1) is 0 Å². The molecule has 37 heavy (non-hydrogen) atoms. The van der Waals surface area contributed by atoms with Gasteiger partial charge in [0.2, 0.25) is 0 Å². The van der Waals surface area contributed by atoms with E-state index in [0.29, 0.717) is 6.61 Å². The maximum atomic E-state index is 10.1.